The van der Waals surface area contributed by atoms with Gasteiger partial charge < -0.3 is 15.2 Å². The lowest BCUT2D eigenvalue weighted by Gasteiger charge is -2.23. The number of benzene rings is 1. The Morgan fingerprint density at radius 3 is 3.00 bits per heavy atom. The third-order valence-electron chi connectivity index (χ3n) is 3.86. The van der Waals surface area contributed by atoms with Crippen LogP contribution in [0.4, 0.5) is 5.69 Å². The molecular weight excluding hydrogens is 214 g/mol. The van der Waals surface area contributed by atoms with Gasteiger partial charge in [0, 0.05) is 11.5 Å². The summed E-state index contributed by atoms with van der Waals surface area (Å²) in [4.78, 5) is 0. The monoisotopic (exact) mass is 233 g/mol. The van der Waals surface area contributed by atoms with E-state index in [9.17, 15) is 0 Å². The fourth-order valence-electron chi connectivity index (χ4n) is 3.05. The lowest BCUT2D eigenvalue weighted by atomic mass is 9.83. The molecule has 0 bridgehead atoms. The van der Waals surface area contributed by atoms with E-state index in [1.165, 1.54) is 24.8 Å². The van der Waals surface area contributed by atoms with Crippen LogP contribution in [0, 0.1) is 0 Å². The SMILES string of the molecule is CCOc1ccc2c(c1N)O[C@@H]1CCCC[C@@H]21. The first-order valence-corrected chi connectivity index (χ1v) is 6.53. The first-order valence-electron chi connectivity index (χ1n) is 6.53. The highest BCUT2D eigenvalue weighted by Gasteiger charge is 2.37. The first kappa shape index (κ1) is 10.8. The summed E-state index contributed by atoms with van der Waals surface area (Å²) < 4.78 is 11.5. The van der Waals surface area contributed by atoms with Crippen LogP contribution in [0.1, 0.15) is 44.1 Å². The zero-order chi connectivity index (χ0) is 11.8. The minimum absolute atomic E-state index is 0.345. The van der Waals surface area contributed by atoms with Crippen molar-refractivity contribution in [1.82, 2.24) is 0 Å². The predicted molar refractivity (Wildman–Crippen MR) is 67.6 cm³/mol. The molecule has 0 unspecified atom stereocenters. The van der Waals surface area contributed by atoms with Crippen molar-refractivity contribution in [2.45, 2.75) is 44.6 Å². The summed E-state index contributed by atoms with van der Waals surface area (Å²) >= 11 is 0. The fraction of sp³-hybridized carbons (Fsp3) is 0.571. The summed E-state index contributed by atoms with van der Waals surface area (Å²) in [6, 6.07) is 4.12. The van der Waals surface area contributed by atoms with Crippen LogP contribution in [-0.4, -0.2) is 12.7 Å². The third-order valence-corrected chi connectivity index (χ3v) is 3.86. The van der Waals surface area contributed by atoms with Crippen LogP contribution in [0.15, 0.2) is 12.1 Å². The highest BCUT2D eigenvalue weighted by molar-refractivity contribution is 5.68. The molecule has 1 saturated carbocycles. The summed E-state index contributed by atoms with van der Waals surface area (Å²) in [5.41, 5.74) is 8.09. The maximum atomic E-state index is 6.13. The number of ether oxygens (including phenoxy) is 2. The Kier molecular flexibility index (Phi) is 2.61. The smallest absolute Gasteiger partial charge is 0.150 e. The van der Waals surface area contributed by atoms with Gasteiger partial charge in [-0.2, -0.15) is 0 Å². The van der Waals surface area contributed by atoms with Crippen LogP contribution in [0.3, 0.4) is 0 Å². The molecule has 0 radical (unpaired) electrons. The summed E-state index contributed by atoms with van der Waals surface area (Å²) in [5, 5.41) is 0. The number of fused-ring (bicyclic) bond motifs is 3. The average Bonchev–Trinajstić information content (AvgIpc) is 2.73. The molecule has 0 aromatic heterocycles. The van der Waals surface area contributed by atoms with E-state index in [0.29, 0.717) is 24.3 Å². The first-order chi connectivity index (χ1) is 8.31. The fourth-order valence-corrected chi connectivity index (χ4v) is 3.05. The molecule has 1 aliphatic carbocycles. The van der Waals surface area contributed by atoms with Crippen LogP contribution in [-0.2, 0) is 0 Å². The van der Waals surface area contributed by atoms with Gasteiger partial charge in [0.1, 0.15) is 23.3 Å². The Morgan fingerprint density at radius 1 is 1.35 bits per heavy atom. The molecule has 2 N–H and O–H groups in total. The molecule has 1 aromatic rings. The van der Waals surface area contributed by atoms with E-state index in [2.05, 4.69) is 6.07 Å². The summed E-state index contributed by atoms with van der Waals surface area (Å²) in [7, 11) is 0. The zero-order valence-electron chi connectivity index (χ0n) is 10.2. The largest absolute Gasteiger partial charge is 0.492 e. The number of nitrogens with two attached hydrogens (primary N) is 1. The van der Waals surface area contributed by atoms with Gasteiger partial charge in [-0.05, 0) is 32.3 Å². The second-order valence-electron chi connectivity index (χ2n) is 4.88. The van der Waals surface area contributed by atoms with Gasteiger partial charge in [-0.1, -0.05) is 12.5 Å². The van der Waals surface area contributed by atoms with Gasteiger partial charge >= 0.3 is 0 Å². The molecule has 3 rings (SSSR count). The zero-order valence-corrected chi connectivity index (χ0v) is 10.2. The van der Waals surface area contributed by atoms with Crippen molar-refractivity contribution in [3.63, 3.8) is 0 Å². The highest BCUT2D eigenvalue weighted by atomic mass is 16.5. The number of hydrogen-bond acceptors (Lipinski definition) is 3. The molecule has 3 heteroatoms. The molecule has 0 saturated heterocycles. The van der Waals surface area contributed by atoms with E-state index < -0.39 is 0 Å². The molecular formula is C14H19NO2. The molecule has 2 atom stereocenters. The number of nitrogen functional groups attached to an aromatic ring is 1. The Bertz CT molecular complexity index is 430. The maximum Gasteiger partial charge on any atom is 0.150 e. The van der Waals surface area contributed by atoms with E-state index >= 15 is 0 Å². The Labute approximate surface area is 102 Å². The molecule has 0 amide bonds. The summed E-state index contributed by atoms with van der Waals surface area (Å²) in [6.45, 7) is 2.60. The lowest BCUT2D eigenvalue weighted by molar-refractivity contribution is 0.164. The third kappa shape index (κ3) is 1.65. The van der Waals surface area contributed by atoms with Crippen molar-refractivity contribution < 1.29 is 9.47 Å². The topological polar surface area (TPSA) is 44.5 Å². The normalized spacial score (nSPS) is 25.9. The Balaban J connectivity index is 1.98. The molecule has 1 aromatic carbocycles. The molecule has 1 aliphatic heterocycles. The molecule has 0 spiro atoms. The highest BCUT2D eigenvalue weighted by Crippen LogP contribution is 2.50. The minimum atomic E-state index is 0.345. The van der Waals surface area contributed by atoms with Crippen molar-refractivity contribution >= 4 is 5.69 Å². The van der Waals surface area contributed by atoms with Gasteiger partial charge in [-0.3, -0.25) is 0 Å². The van der Waals surface area contributed by atoms with Crippen molar-refractivity contribution in [2.24, 2.45) is 0 Å². The van der Waals surface area contributed by atoms with E-state index in [-0.39, 0.29) is 0 Å². The molecule has 17 heavy (non-hydrogen) atoms. The molecule has 2 aliphatic rings. The second-order valence-corrected chi connectivity index (χ2v) is 4.88. The molecule has 3 nitrogen and oxygen atoms in total. The van der Waals surface area contributed by atoms with E-state index in [1.54, 1.807) is 0 Å². The molecule has 92 valence electrons. The quantitative estimate of drug-likeness (QED) is 0.798. The van der Waals surface area contributed by atoms with Gasteiger partial charge in [0.2, 0.25) is 0 Å². The van der Waals surface area contributed by atoms with Gasteiger partial charge in [0.05, 0.1) is 6.61 Å². The van der Waals surface area contributed by atoms with Gasteiger partial charge in [-0.25, -0.2) is 0 Å². The minimum Gasteiger partial charge on any atom is -0.492 e. The van der Waals surface area contributed by atoms with Crippen LogP contribution in [0.25, 0.3) is 0 Å². The van der Waals surface area contributed by atoms with E-state index in [1.807, 2.05) is 13.0 Å². The van der Waals surface area contributed by atoms with Crippen molar-refractivity contribution in [3.8, 4) is 11.5 Å². The number of hydrogen-bond donors (Lipinski definition) is 1. The standard InChI is InChI=1S/C14H19NO2/c1-2-16-12-8-7-10-9-5-3-4-6-11(9)17-14(10)13(12)15/h7-9,11H,2-6,15H2,1H3/t9-,11+/m0/s1. The van der Waals surface area contributed by atoms with Crippen LogP contribution < -0.4 is 15.2 Å². The summed E-state index contributed by atoms with van der Waals surface area (Å²) in [5.74, 6) is 2.19. The van der Waals surface area contributed by atoms with Crippen LogP contribution in [0.2, 0.25) is 0 Å². The Hall–Kier alpha value is -1.38. The van der Waals surface area contributed by atoms with Crippen LogP contribution in [0.5, 0.6) is 11.5 Å². The maximum absolute atomic E-state index is 6.13. The molecule has 1 fully saturated rings. The van der Waals surface area contributed by atoms with Crippen molar-refractivity contribution in [1.29, 1.82) is 0 Å². The lowest BCUT2D eigenvalue weighted by Crippen LogP contribution is -2.22. The van der Waals surface area contributed by atoms with Crippen molar-refractivity contribution in [2.75, 3.05) is 12.3 Å². The second kappa shape index (κ2) is 4.13. The summed E-state index contributed by atoms with van der Waals surface area (Å²) in [6.07, 6.45) is 5.30. The van der Waals surface area contributed by atoms with Gasteiger partial charge in [-0.15, -0.1) is 0 Å². The van der Waals surface area contributed by atoms with E-state index in [4.69, 9.17) is 15.2 Å². The molecule has 1 heterocycles. The number of rotatable bonds is 2. The van der Waals surface area contributed by atoms with Crippen molar-refractivity contribution in [3.05, 3.63) is 17.7 Å². The van der Waals surface area contributed by atoms with Crippen LogP contribution >= 0.6 is 0 Å². The van der Waals surface area contributed by atoms with Gasteiger partial charge in [0.15, 0.2) is 0 Å². The van der Waals surface area contributed by atoms with E-state index in [0.717, 1.165) is 17.9 Å². The Morgan fingerprint density at radius 2 is 2.18 bits per heavy atom. The number of anilines is 1. The predicted octanol–water partition coefficient (Wildman–Crippen LogP) is 3.09. The van der Waals surface area contributed by atoms with Gasteiger partial charge in [0.25, 0.3) is 0 Å². The average molecular weight is 233 g/mol.